The SMILES string of the molecule is CC(=O)Nc1ccc(-c2ccnc(NC3CC[N+](C(=O)[O-])(C(C)(C)C)CC3)n2)cc1. The number of nitrogens with zero attached hydrogens (tertiary/aromatic N) is 3. The number of carboxylic acid groups (broad SMARTS) is 1. The van der Waals surface area contributed by atoms with Crippen molar-refractivity contribution in [1.82, 2.24) is 9.97 Å². The van der Waals surface area contributed by atoms with Gasteiger partial charge in [0.15, 0.2) is 0 Å². The molecule has 8 heteroatoms. The number of hydrogen-bond acceptors (Lipinski definition) is 6. The van der Waals surface area contributed by atoms with Gasteiger partial charge in [0.2, 0.25) is 11.9 Å². The van der Waals surface area contributed by atoms with Gasteiger partial charge in [0, 0.05) is 43.3 Å². The Morgan fingerprint density at radius 2 is 1.73 bits per heavy atom. The van der Waals surface area contributed by atoms with Crippen LogP contribution in [0, 0.1) is 0 Å². The van der Waals surface area contributed by atoms with Gasteiger partial charge in [-0.15, -0.1) is 0 Å². The molecule has 1 saturated heterocycles. The third kappa shape index (κ3) is 4.59. The summed E-state index contributed by atoms with van der Waals surface area (Å²) in [5.74, 6) is 0.407. The quantitative estimate of drug-likeness (QED) is 0.749. The Bertz CT molecular complexity index is 913. The molecule has 1 aliphatic rings. The lowest BCUT2D eigenvalue weighted by molar-refractivity contribution is -0.923. The minimum Gasteiger partial charge on any atom is -0.498 e. The third-order valence-electron chi connectivity index (χ3n) is 5.84. The Balaban J connectivity index is 1.68. The summed E-state index contributed by atoms with van der Waals surface area (Å²) in [4.78, 5) is 32.0. The van der Waals surface area contributed by atoms with E-state index in [1.165, 1.54) is 6.92 Å². The van der Waals surface area contributed by atoms with E-state index in [1.807, 2.05) is 51.1 Å². The maximum atomic E-state index is 11.9. The molecule has 1 fully saturated rings. The first-order chi connectivity index (χ1) is 14.1. The van der Waals surface area contributed by atoms with Crippen molar-refractivity contribution in [2.45, 2.75) is 52.1 Å². The van der Waals surface area contributed by atoms with Gasteiger partial charge in [-0.1, -0.05) is 12.1 Å². The highest BCUT2D eigenvalue weighted by atomic mass is 16.4. The summed E-state index contributed by atoms with van der Waals surface area (Å²) in [6.07, 6.45) is 2.09. The van der Waals surface area contributed by atoms with Crippen molar-refractivity contribution >= 4 is 23.6 Å². The fourth-order valence-electron chi connectivity index (χ4n) is 3.98. The molecule has 0 radical (unpaired) electrons. The molecule has 1 aromatic carbocycles. The van der Waals surface area contributed by atoms with Crippen molar-refractivity contribution in [2.75, 3.05) is 23.7 Å². The van der Waals surface area contributed by atoms with Gasteiger partial charge in [0.05, 0.1) is 24.3 Å². The molecule has 1 aromatic heterocycles. The van der Waals surface area contributed by atoms with Crippen LogP contribution in [0.1, 0.15) is 40.5 Å². The number of rotatable bonds is 4. The molecular weight excluding hydrogens is 382 g/mol. The summed E-state index contributed by atoms with van der Waals surface area (Å²) < 4.78 is -0.0350. The summed E-state index contributed by atoms with van der Waals surface area (Å²) >= 11 is 0. The number of carbonyl (C=O) groups is 2. The second kappa shape index (κ2) is 8.39. The standard InChI is InChI=1S/C22H29N5O3/c1-15(28)24-17-7-5-16(6-8-17)19-9-12-23-20(26-19)25-18-10-13-27(14-11-18,21(29)30)22(2,3)4/h5-9,12,18H,10-11,13-14H2,1-4H3,(H2-,23,24,25,26,28,29,30). The Hall–Kier alpha value is -3.00. The predicted molar refractivity (Wildman–Crippen MR) is 114 cm³/mol. The molecule has 3 rings (SSSR count). The first kappa shape index (κ1) is 21.7. The van der Waals surface area contributed by atoms with E-state index in [0.717, 1.165) is 16.9 Å². The molecule has 0 atom stereocenters. The minimum absolute atomic E-state index is 0.0350. The monoisotopic (exact) mass is 411 g/mol. The van der Waals surface area contributed by atoms with Crippen LogP contribution in [-0.4, -0.2) is 51.1 Å². The highest BCUT2D eigenvalue weighted by Gasteiger charge is 2.45. The van der Waals surface area contributed by atoms with Gasteiger partial charge in [-0.2, -0.15) is 0 Å². The second-order valence-corrected chi connectivity index (χ2v) is 8.79. The molecule has 0 aliphatic carbocycles. The lowest BCUT2D eigenvalue weighted by Gasteiger charge is -2.51. The van der Waals surface area contributed by atoms with Crippen LogP contribution in [-0.2, 0) is 4.79 Å². The van der Waals surface area contributed by atoms with Crippen molar-refractivity contribution < 1.29 is 19.2 Å². The maximum absolute atomic E-state index is 11.9. The largest absolute Gasteiger partial charge is 0.498 e. The Morgan fingerprint density at radius 3 is 2.27 bits per heavy atom. The topological polar surface area (TPSA) is 107 Å². The first-order valence-corrected chi connectivity index (χ1v) is 10.2. The molecule has 30 heavy (non-hydrogen) atoms. The lowest BCUT2D eigenvalue weighted by Crippen LogP contribution is -2.70. The van der Waals surface area contributed by atoms with Crippen LogP contribution in [0.5, 0.6) is 0 Å². The number of hydrogen-bond donors (Lipinski definition) is 2. The van der Waals surface area contributed by atoms with Gasteiger partial charge in [0.25, 0.3) is 6.09 Å². The van der Waals surface area contributed by atoms with Crippen LogP contribution in [0.25, 0.3) is 11.3 Å². The molecule has 8 nitrogen and oxygen atoms in total. The highest BCUT2D eigenvalue weighted by Crippen LogP contribution is 2.31. The zero-order chi connectivity index (χ0) is 21.9. The van der Waals surface area contributed by atoms with Crippen molar-refractivity contribution in [1.29, 1.82) is 0 Å². The van der Waals surface area contributed by atoms with Gasteiger partial charge in [-0.05, 0) is 39.0 Å². The summed E-state index contributed by atoms with van der Waals surface area (Å²) in [7, 11) is 0. The summed E-state index contributed by atoms with van der Waals surface area (Å²) in [5, 5.41) is 18.0. The van der Waals surface area contributed by atoms with Crippen LogP contribution in [0.2, 0.25) is 0 Å². The van der Waals surface area contributed by atoms with Crippen molar-refractivity contribution in [3.63, 3.8) is 0 Å². The Kier molecular flexibility index (Phi) is 6.07. The number of amides is 2. The van der Waals surface area contributed by atoms with Crippen molar-refractivity contribution in [3.8, 4) is 11.3 Å². The van der Waals surface area contributed by atoms with Gasteiger partial charge in [0.1, 0.15) is 0 Å². The van der Waals surface area contributed by atoms with Crippen LogP contribution < -0.4 is 15.7 Å². The summed E-state index contributed by atoms with van der Waals surface area (Å²) in [6, 6.07) is 9.39. The van der Waals surface area contributed by atoms with E-state index in [4.69, 9.17) is 0 Å². The lowest BCUT2D eigenvalue weighted by atomic mass is 9.94. The number of nitrogens with one attached hydrogen (secondary N) is 2. The average molecular weight is 412 g/mol. The van der Waals surface area contributed by atoms with Crippen LogP contribution >= 0.6 is 0 Å². The smallest absolute Gasteiger partial charge is 0.257 e. The van der Waals surface area contributed by atoms with E-state index in [-0.39, 0.29) is 16.4 Å². The van der Waals surface area contributed by atoms with E-state index in [1.54, 1.807) is 6.20 Å². The fraction of sp³-hybridized carbons (Fsp3) is 0.455. The molecule has 160 valence electrons. The third-order valence-corrected chi connectivity index (χ3v) is 5.84. The highest BCUT2D eigenvalue weighted by molar-refractivity contribution is 5.88. The van der Waals surface area contributed by atoms with Crippen molar-refractivity contribution in [2.24, 2.45) is 0 Å². The van der Waals surface area contributed by atoms with E-state index in [2.05, 4.69) is 20.6 Å². The van der Waals surface area contributed by atoms with Gasteiger partial charge < -0.3 is 20.5 Å². The Morgan fingerprint density at radius 1 is 1.10 bits per heavy atom. The molecule has 0 unspecified atom stereocenters. The molecule has 0 bridgehead atoms. The number of quaternary nitrogens is 1. The second-order valence-electron chi connectivity index (χ2n) is 8.79. The van der Waals surface area contributed by atoms with Gasteiger partial charge in [-0.3, -0.25) is 9.28 Å². The molecule has 2 N–H and O–H groups in total. The molecule has 0 saturated carbocycles. The van der Waals surface area contributed by atoms with E-state index in [0.29, 0.717) is 31.9 Å². The van der Waals surface area contributed by atoms with Crippen LogP contribution in [0.3, 0.4) is 0 Å². The molecule has 2 heterocycles. The molecule has 2 aromatic rings. The Labute approximate surface area is 176 Å². The number of piperidine rings is 1. The van der Waals surface area contributed by atoms with E-state index >= 15 is 0 Å². The maximum Gasteiger partial charge on any atom is 0.257 e. The zero-order valence-corrected chi connectivity index (χ0v) is 17.9. The zero-order valence-electron chi connectivity index (χ0n) is 17.9. The van der Waals surface area contributed by atoms with Crippen molar-refractivity contribution in [3.05, 3.63) is 36.5 Å². The molecular formula is C22H29N5O3. The normalized spacial score (nSPS) is 21.7. The van der Waals surface area contributed by atoms with Crippen LogP contribution in [0.4, 0.5) is 16.4 Å². The molecule has 0 spiro atoms. The number of likely N-dealkylation sites (tertiary alicyclic amines) is 1. The molecule has 1 aliphatic heterocycles. The fourth-order valence-corrected chi connectivity index (χ4v) is 3.98. The number of aromatic nitrogens is 2. The number of carbonyl (C=O) groups excluding carboxylic acids is 2. The van der Waals surface area contributed by atoms with Gasteiger partial charge in [-0.25, -0.2) is 9.97 Å². The average Bonchev–Trinajstić information content (AvgIpc) is 2.68. The minimum atomic E-state index is -1.01. The van der Waals surface area contributed by atoms with E-state index < -0.39 is 11.6 Å². The molecule has 2 amide bonds. The predicted octanol–water partition coefficient (Wildman–Crippen LogP) is 2.63. The number of anilines is 2. The van der Waals surface area contributed by atoms with Gasteiger partial charge >= 0.3 is 0 Å². The van der Waals surface area contributed by atoms with Crippen LogP contribution in [0.15, 0.2) is 36.5 Å². The first-order valence-electron chi connectivity index (χ1n) is 10.2. The summed E-state index contributed by atoms with van der Waals surface area (Å²) in [6.45, 7) is 8.32. The number of benzene rings is 1. The van der Waals surface area contributed by atoms with E-state index in [9.17, 15) is 14.7 Å². The summed E-state index contributed by atoms with van der Waals surface area (Å²) in [5.41, 5.74) is 2.00.